The molecule has 0 aliphatic carbocycles. The van der Waals surface area contributed by atoms with Crippen LogP contribution in [0.2, 0.25) is 0 Å². The van der Waals surface area contributed by atoms with Crippen LogP contribution in [0.4, 0.5) is 0 Å². The SMILES string of the molecule is c1ccc(-c2cc(-c3ccc(-c4cc5c6ccccc6c6c(c7ccccc7n6-c6ccccc6)c5c5ccccc45)cc3)nc(-c3ccc4ccccc4c3)n2)cc1.c1ccc(-c2cc(-c3ccc4ccccc4c3)nc(-c3ccc(-c4cc5c6ccccc6c6c(c7ccccc7n6-c6ccccc6)c5c5ccccc45)cc3)n2)cc1. The average Bonchev–Trinajstić information content (AvgIpc) is 1.56. The van der Waals surface area contributed by atoms with Gasteiger partial charge in [-0.05, 0) is 160 Å². The zero-order valence-electron chi connectivity index (χ0n) is 64.1. The van der Waals surface area contributed by atoms with E-state index in [1.54, 1.807) is 0 Å². The van der Waals surface area contributed by atoms with Gasteiger partial charge in [-0.3, -0.25) is 0 Å². The first-order valence-electron chi connectivity index (χ1n) is 40.3. The van der Waals surface area contributed by atoms with Crippen molar-refractivity contribution < 1.29 is 0 Å². The van der Waals surface area contributed by atoms with Crippen molar-refractivity contribution in [2.24, 2.45) is 0 Å². The Hall–Kier alpha value is -15.8. The third-order valence-corrected chi connectivity index (χ3v) is 23.9. The summed E-state index contributed by atoms with van der Waals surface area (Å²) < 4.78 is 4.91. The Morgan fingerprint density at radius 1 is 0.161 bits per heavy atom. The lowest BCUT2D eigenvalue weighted by Gasteiger charge is -2.16. The van der Waals surface area contributed by atoms with Crippen LogP contribution >= 0.6 is 0 Å². The number of hydrogen-bond donors (Lipinski definition) is 0. The standard InChI is InChI=1S/2C56H35N3/c1-3-16-38(17-4-1)50-35-51(41-32-27-36-15-7-8-18-40(36)33-41)58-56(57-50)39-30-28-37(29-31-39)48-34-49-44-22-10-12-24-46(44)55-54(53(49)45-23-11-9-21-43(45)48)47-25-13-14-26-52(47)59(55)42-19-5-2-6-20-42;1-3-16-38(17-4-1)50-35-51(58-56(57-50)41-32-27-36-15-7-8-18-40(36)33-41)39-30-28-37(29-31-39)48-34-49-44-22-10-12-24-46(44)55-54(53(49)45-23-11-9-21-43(45)48)47-25-13-14-26-52(47)59(55)42-19-5-2-6-20-42/h2*1-35H. The molecule has 0 aliphatic rings. The minimum Gasteiger partial charge on any atom is -0.309 e. The highest BCUT2D eigenvalue weighted by atomic mass is 15.0. The molecular weight excluding hydrogens is 1430 g/mol. The summed E-state index contributed by atoms with van der Waals surface area (Å²) in [6.45, 7) is 0. The number of aromatic nitrogens is 6. The number of para-hydroxylation sites is 4. The maximum absolute atomic E-state index is 5.20. The normalized spacial score (nSPS) is 11.7. The molecule has 118 heavy (non-hydrogen) atoms. The Labute approximate surface area is 680 Å². The number of fused-ring (bicyclic) bond motifs is 22. The van der Waals surface area contributed by atoms with E-state index in [0.717, 1.165) is 78.7 Å². The molecule has 0 radical (unpaired) electrons. The molecule has 0 bridgehead atoms. The van der Waals surface area contributed by atoms with Crippen molar-refractivity contribution in [3.63, 3.8) is 0 Å². The highest BCUT2D eigenvalue weighted by molar-refractivity contribution is 6.40. The molecule has 20 aromatic carbocycles. The molecule has 0 saturated heterocycles. The van der Waals surface area contributed by atoms with E-state index >= 15 is 0 Å². The van der Waals surface area contributed by atoms with Gasteiger partial charge in [0.25, 0.3) is 0 Å². The quantitative estimate of drug-likeness (QED) is 0.128. The summed E-state index contributed by atoms with van der Waals surface area (Å²) >= 11 is 0. The minimum absolute atomic E-state index is 0.702. The lowest BCUT2D eigenvalue weighted by molar-refractivity contribution is 1.18. The monoisotopic (exact) mass is 1500 g/mol. The van der Waals surface area contributed by atoms with Gasteiger partial charge in [-0.25, -0.2) is 19.9 Å². The topological polar surface area (TPSA) is 61.4 Å². The molecule has 0 N–H and O–H groups in total. The van der Waals surface area contributed by atoms with E-state index in [4.69, 9.17) is 19.9 Å². The zero-order valence-corrected chi connectivity index (χ0v) is 64.1. The number of nitrogens with zero attached hydrogens (tertiary/aromatic N) is 6. The molecule has 4 heterocycles. The van der Waals surface area contributed by atoms with Crippen molar-refractivity contribution in [1.29, 1.82) is 0 Å². The van der Waals surface area contributed by atoms with Crippen molar-refractivity contribution in [3.05, 3.63) is 425 Å². The van der Waals surface area contributed by atoms with Gasteiger partial charge < -0.3 is 9.13 Å². The van der Waals surface area contributed by atoms with Crippen molar-refractivity contribution in [2.75, 3.05) is 0 Å². The van der Waals surface area contributed by atoms with E-state index in [1.165, 1.54) is 141 Å². The first-order valence-corrected chi connectivity index (χ1v) is 40.3. The highest BCUT2D eigenvalue weighted by Crippen LogP contribution is 2.50. The van der Waals surface area contributed by atoms with Gasteiger partial charge in [-0.2, -0.15) is 0 Å². The summed E-state index contributed by atoms with van der Waals surface area (Å²) in [4.78, 5) is 20.7. The molecule has 4 aromatic heterocycles. The Morgan fingerprint density at radius 3 is 0.898 bits per heavy atom. The lowest BCUT2D eigenvalue weighted by Crippen LogP contribution is -1.96. The minimum atomic E-state index is 0.702. The van der Waals surface area contributed by atoms with Crippen LogP contribution in [0.15, 0.2) is 425 Å². The van der Waals surface area contributed by atoms with Crippen LogP contribution in [0.1, 0.15) is 0 Å². The summed E-state index contributed by atoms with van der Waals surface area (Å²) in [7, 11) is 0. The predicted molar refractivity (Wildman–Crippen MR) is 496 cm³/mol. The van der Waals surface area contributed by atoms with Gasteiger partial charge in [0.15, 0.2) is 11.6 Å². The Balaban J connectivity index is 0.000000138. The fraction of sp³-hybridized carbons (Fsp3) is 0. The van der Waals surface area contributed by atoms with Gasteiger partial charge in [0.05, 0.1) is 44.8 Å². The van der Waals surface area contributed by atoms with Crippen LogP contribution in [0.25, 0.3) is 231 Å². The van der Waals surface area contributed by atoms with Crippen LogP contribution in [0, 0.1) is 0 Å². The molecule has 0 unspecified atom stereocenters. The Morgan fingerprint density at radius 2 is 0.458 bits per heavy atom. The molecule has 0 aliphatic heterocycles. The van der Waals surface area contributed by atoms with E-state index in [2.05, 4.69) is 422 Å². The summed E-state index contributed by atoms with van der Waals surface area (Å²) in [5, 5.41) is 24.8. The third kappa shape index (κ3) is 11.4. The fourth-order valence-electron chi connectivity index (χ4n) is 18.5. The molecule has 24 aromatic rings. The molecule has 548 valence electrons. The Kier molecular flexibility index (Phi) is 16.2. The van der Waals surface area contributed by atoms with Crippen molar-refractivity contribution >= 4 is 130 Å². The number of hydrogen-bond acceptors (Lipinski definition) is 4. The van der Waals surface area contributed by atoms with Gasteiger partial charge in [-0.15, -0.1) is 0 Å². The van der Waals surface area contributed by atoms with Crippen molar-refractivity contribution in [2.45, 2.75) is 0 Å². The van der Waals surface area contributed by atoms with E-state index in [1.807, 2.05) is 12.1 Å². The van der Waals surface area contributed by atoms with Gasteiger partial charge in [0.2, 0.25) is 0 Å². The van der Waals surface area contributed by atoms with Crippen LogP contribution < -0.4 is 0 Å². The van der Waals surface area contributed by atoms with Gasteiger partial charge in [0.1, 0.15) is 0 Å². The number of rotatable bonds is 10. The Bertz CT molecular complexity index is 7650. The molecule has 6 heteroatoms. The summed E-state index contributed by atoms with van der Waals surface area (Å²) in [5.74, 6) is 1.41. The van der Waals surface area contributed by atoms with Gasteiger partial charge in [-0.1, -0.05) is 352 Å². The van der Waals surface area contributed by atoms with Crippen LogP contribution in [0.5, 0.6) is 0 Å². The first-order chi connectivity index (χ1) is 58.5. The largest absolute Gasteiger partial charge is 0.309 e. The lowest BCUT2D eigenvalue weighted by atomic mass is 9.88. The van der Waals surface area contributed by atoms with Crippen molar-refractivity contribution in [1.82, 2.24) is 29.1 Å². The highest BCUT2D eigenvalue weighted by Gasteiger charge is 2.26. The van der Waals surface area contributed by atoms with E-state index in [9.17, 15) is 0 Å². The third-order valence-electron chi connectivity index (χ3n) is 23.9. The molecule has 0 saturated carbocycles. The number of benzene rings is 20. The molecule has 6 nitrogen and oxygen atoms in total. The second-order valence-corrected chi connectivity index (χ2v) is 30.6. The maximum atomic E-state index is 5.20. The summed E-state index contributed by atoms with van der Waals surface area (Å²) in [5.41, 5.74) is 21.7. The van der Waals surface area contributed by atoms with Crippen LogP contribution in [-0.2, 0) is 0 Å². The van der Waals surface area contributed by atoms with Crippen molar-refractivity contribution in [3.8, 4) is 101 Å². The smallest absolute Gasteiger partial charge is 0.160 e. The van der Waals surface area contributed by atoms with Crippen LogP contribution in [0.3, 0.4) is 0 Å². The first kappa shape index (κ1) is 67.9. The fourth-order valence-corrected chi connectivity index (χ4v) is 18.5. The van der Waals surface area contributed by atoms with E-state index in [0.29, 0.717) is 11.6 Å². The second kappa shape index (κ2) is 28.1. The summed E-state index contributed by atoms with van der Waals surface area (Å²) in [6, 6.07) is 152. The van der Waals surface area contributed by atoms with Gasteiger partial charge in [0, 0.05) is 87.8 Å². The van der Waals surface area contributed by atoms with E-state index < -0.39 is 0 Å². The van der Waals surface area contributed by atoms with Crippen LogP contribution in [-0.4, -0.2) is 29.1 Å². The zero-order chi connectivity index (χ0) is 77.7. The molecular formula is C112H70N6. The molecule has 0 fully saturated rings. The van der Waals surface area contributed by atoms with E-state index in [-0.39, 0.29) is 0 Å². The molecule has 0 amide bonds. The average molecular weight is 1500 g/mol. The van der Waals surface area contributed by atoms with Gasteiger partial charge >= 0.3 is 0 Å². The summed E-state index contributed by atoms with van der Waals surface area (Å²) in [6.07, 6.45) is 0. The predicted octanol–water partition coefficient (Wildman–Crippen LogP) is 29.7. The molecule has 24 rings (SSSR count). The molecule has 0 spiro atoms. The molecule has 0 atom stereocenters. The second-order valence-electron chi connectivity index (χ2n) is 30.6. The maximum Gasteiger partial charge on any atom is 0.160 e.